The van der Waals surface area contributed by atoms with Gasteiger partial charge in [0.1, 0.15) is 0 Å². The number of nitrogens with zero attached hydrogens (tertiary/aromatic N) is 2. The van der Waals surface area contributed by atoms with Gasteiger partial charge in [-0.05, 0) is 25.2 Å². The monoisotopic (exact) mass is 297 g/mol. The van der Waals surface area contributed by atoms with Gasteiger partial charge >= 0.3 is 0 Å². The minimum Gasteiger partial charge on any atom is -0.342 e. The normalized spacial score (nSPS) is 23.2. The van der Waals surface area contributed by atoms with Gasteiger partial charge in [-0.25, -0.2) is 0 Å². The van der Waals surface area contributed by atoms with E-state index in [1.165, 1.54) is 0 Å². The highest BCUT2D eigenvalue weighted by atomic mass is 16.2. The zero-order valence-electron chi connectivity index (χ0n) is 14.3. The van der Waals surface area contributed by atoms with Crippen LogP contribution in [0.2, 0.25) is 0 Å². The van der Waals surface area contributed by atoms with Crippen molar-refractivity contribution in [2.24, 2.45) is 11.7 Å². The Morgan fingerprint density at radius 1 is 1.19 bits per heavy atom. The first kappa shape index (κ1) is 18.4. The topological polar surface area (TPSA) is 49.6 Å². The summed E-state index contributed by atoms with van der Waals surface area (Å²) in [6.07, 6.45) is 6.64. The average Bonchev–Trinajstić information content (AvgIpc) is 2.49. The quantitative estimate of drug-likeness (QED) is 0.711. The molecule has 0 radical (unpaired) electrons. The van der Waals surface area contributed by atoms with Crippen LogP contribution in [0.5, 0.6) is 0 Å². The van der Waals surface area contributed by atoms with E-state index in [0.717, 1.165) is 64.7 Å². The molecule has 2 unspecified atom stereocenters. The van der Waals surface area contributed by atoms with Gasteiger partial charge in [0.05, 0.1) is 6.54 Å². The Labute approximate surface area is 131 Å². The Balaban J connectivity index is 2.47. The highest BCUT2D eigenvalue weighted by Crippen LogP contribution is 2.18. The number of hydrogen-bond acceptors (Lipinski definition) is 3. The number of carbonyl (C=O) groups excluding carboxylic acids is 1. The second-order valence-electron chi connectivity index (χ2n) is 6.44. The van der Waals surface area contributed by atoms with Gasteiger partial charge in [0.25, 0.3) is 0 Å². The zero-order valence-corrected chi connectivity index (χ0v) is 14.3. The zero-order chi connectivity index (χ0) is 15.7. The molecule has 4 heteroatoms. The lowest BCUT2D eigenvalue weighted by Gasteiger charge is -2.37. The number of hydrogen-bond donors (Lipinski definition) is 1. The average molecular weight is 297 g/mol. The number of likely N-dealkylation sites (tertiary alicyclic amines) is 1. The van der Waals surface area contributed by atoms with E-state index < -0.39 is 0 Å². The maximum Gasteiger partial charge on any atom is 0.236 e. The SMILES string of the molecule is CCCCN(CCCC)C(=O)CN1CCC(N)C(CC)C1. The molecule has 0 aromatic carbocycles. The molecule has 1 saturated heterocycles. The van der Waals surface area contributed by atoms with Crippen LogP contribution in [-0.2, 0) is 4.79 Å². The van der Waals surface area contributed by atoms with E-state index in [2.05, 4.69) is 30.6 Å². The Kier molecular flexibility index (Phi) is 8.93. The van der Waals surface area contributed by atoms with Crippen LogP contribution in [0.1, 0.15) is 59.3 Å². The summed E-state index contributed by atoms with van der Waals surface area (Å²) in [5.41, 5.74) is 6.15. The molecule has 0 spiro atoms. The predicted octanol–water partition coefficient (Wildman–Crippen LogP) is 2.47. The summed E-state index contributed by atoms with van der Waals surface area (Å²) in [6, 6.07) is 0.317. The third-order valence-corrected chi connectivity index (χ3v) is 4.68. The Hall–Kier alpha value is -0.610. The summed E-state index contributed by atoms with van der Waals surface area (Å²) in [7, 11) is 0. The second-order valence-corrected chi connectivity index (χ2v) is 6.44. The molecular weight excluding hydrogens is 262 g/mol. The van der Waals surface area contributed by atoms with Crippen LogP contribution < -0.4 is 5.73 Å². The molecular formula is C17H35N3O. The molecule has 1 rings (SSSR count). The highest BCUT2D eigenvalue weighted by molar-refractivity contribution is 5.78. The van der Waals surface area contributed by atoms with E-state index in [1.54, 1.807) is 0 Å². The summed E-state index contributed by atoms with van der Waals surface area (Å²) in [4.78, 5) is 16.9. The Morgan fingerprint density at radius 2 is 1.81 bits per heavy atom. The summed E-state index contributed by atoms with van der Waals surface area (Å²) in [5.74, 6) is 0.855. The van der Waals surface area contributed by atoms with Gasteiger partial charge in [-0.1, -0.05) is 40.0 Å². The molecule has 124 valence electrons. The van der Waals surface area contributed by atoms with Crippen molar-refractivity contribution < 1.29 is 4.79 Å². The molecule has 0 aromatic rings. The van der Waals surface area contributed by atoms with Crippen LogP contribution in [-0.4, -0.2) is 54.5 Å². The van der Waals surface area contributed by atoms with Crippen molar-refractivity contribution in [2.75, 3.05) is 32.7 Å². The molecule has 0 saturated carbocycles. The van der Waals surface area contributed by atoms with Crippen molar-refractivity contribution in [1.82, 2.24) is 9.80 Å². The predicted molar refractivity (Wildman–Crippen MR) is 89.2 cm³/mol. The molecule has 21 heavy (non-hydrogen) atoms. The lowest BCUT2D eigenvalue weighted by Crippen LogP contribution is -2.50. The van der Waals surface area contributed by atoms with Crippen LogP contribution in [0.25, 0.3) is 0 Å². The maximum atomic E-state index is 12.6. The minimum absolute atomic E-state index is 0.308. The van der Waals surface area contributed by atoms with Crippen LogP contribution in [0.3, 0.4) is 0 Å². The standard InChI is InChI=1S/C17H35N3O/c1-4-7-10-20(11-8-5-2)17(21)14-19-12-9-16(18)15(6-3)13-19/h15-16H,4-14,18H2,1-3H3. The fourth-order valence-electron chi connectivity index (χ4n) is 3.05. The molecule has 1 amide bonds. The van der Waals surface area contributed by atoms with Gasteiger partial charge in [0.2, 0.25) is 5.91 Å². The number of carbonyl (C=O) groups is 1. The van der Waals surface area contributed by atoms with E-state index in [4.69, 9.17) is 5.73 Å². The highest BCUT2D eigenvalue weighted by Gasteiger charge is 2.27. The summed E-state index contributed by atoms with van der Waals surface area (Å²) in [6.45, 7) is 10.9. The number of unbranched alkanes of at least 4 members (excludes halogenated alkanes) is 2. The molecule has 1 heterocycles. The number of nitrogens with two attached hydrogens (primary N) is 1. The fourth-order valence-corrected chi connectivity index (χ4v) is 3.05. The Bertz CT molecular complexity index is 288. The lowest BCUT2D eigenvalue weighted by atomic mass is 9.91. The van der Waals surface area contributed by atoms with Gasteiger partial charge in [-0.2, -0.15) is 0 Å². The van der Waals surface area contributed by atoms with Crippen molar-refractivity contribution >= 4 is 5.91 Å². The smallest absolute Gasteiger partial charge is 0.236 e. The Morgan fingerprint density at radius 3 is 2.33 bits per heavy atom. The minimum atomic E-state index is 0.308. The molecule has 1 fully saturated rings. The van der Waals surface area contributed by atoms with Gasteiger partial charge in [0.15, 0.2) is 0 Å². The van der Waals surface area contributed by atoms with Gasteiger partial charge in [-0.15, -0.1) is 0 Å². The van der Waals surface area contributed by atoms with Crippen molar-refractivity contribution in [1.29, 1.82) is 0 Å². The first-order chi connectivity index (χ1) is 10.1. The van der Waals surface area contributed by atoms with Crippen molar-refractivity contribution in [3.8, 4) is 0 Å². The molecule has 1 aliphatic rings. The molecule has 0 aromatic heterocycles. The van der Waals surface area contributed by atoms with E-state index >= 15 is 0 Å². The molecule has 4 nitrogen and oxygen atoms in total. The lowest BCUT2D eigenvalue weighted by molar-refractivity contribution is -0.133. The third kappa shape index (κ3) is 6.35. The van der Waals surface area contributed by atoms with Crippen LogP contribution in [0.15, 0.2) is 0 Å². The number of piperidine rings is 1. The number of amides is 1. The van der Waals surface area contributed by atoms with Gasteiger partial charge < -0.3 is 10.6 Å². The molecule has 0 aliphatic carbocycles. The fraction of sp³-hybridized carbons (Fsp3) is 0.941. The molecule has 1 aliphatic heterocycles. The molecule has 2 atom stereocenters. The molecule has 0 bridgehead atoms. The van der Waals surface area contributed by atoms with Crippen molar-refractivity contribution in [2.45, 2.75) is 65.3 Å². The van der Waals surface area contributed by atoms with E-state index in [1.807, 2.05) is 0 Å². The second kappa shape index (κ2) is 10.2. The van der Waals surface area contributed by atoms with Gasteiger partial charge in [-0.3, -0.25) is 9.69 Å². The summed E-state index contributed by atoms with van der Waals surface area (Å²) < 4.78 is 0. The first-order valence-electron chi connectivity index (χ1n) is 8.88. The first-order valence-corrected chi connectivity index (χ1v) is 8.88. The number of rotatable bonds is 9. The van der Waals surface area contributed by atoms with Crippen molar-refractivity contribution in [3.63, 3.8) is 0 Å². The van der Waals surface area contributed by atoms with Crippen molar-refractivity contribution in [3.05, 3.63) is 0 Å². The maximum absolute atomic E-state index is 12.6. The van der Waals surface area contributed by atoms with Gasteiger partial charge in [0, 0.05) is 32.2 Å². The van der Waals surface area contributed by atoms with E-state index in [0.29, 0.717) is 24.4 Å². The summed E-state index contributed by atoms with van der Waals surface area (Å²) in [5, 5.41) is 0. The van der Waals surface area contributed by atoms with Crippen LogP contribution in [0.4, 0.5) is 0 Å². The van der Waals surface area contributed by atoms with Crippen LogP contribution >= 0.6 is 0 Å². The van der Waals surface area contributed by atoms with Crippen LogP contribution in [0, 0.1) is 5.92 Å². The third-order valence-electron chi connectivity index (χ3n) is 4.68. The van der Waals surface area contributed by atoms with E-state index in [-0.39, 0.29) is 0 Å². The largest absolute Gasteiger partial charge is 0.342 e. The van der Waals surface area contributed by atoms with E-state index in [9.17, 15) is 4.79 Å². The summed E-state index contributed by atoms with van der Waals surface area (Å²) >= 11 is 0. The molecule has 2 N–H and O–H groups in total.